The molecular formula is C72H50N2O. The third-order valence-electron chi connectivity index (χ3n) is 15.3. The molecule has 0 N–H and O–H groups in total. The number of rotatable bonds is 9. The molecule has 0 aliphatic carbocycles. The van der Waals surface area contributed by atoms with Gasteiger partial charge in [0.1, 0.15) is 11.2 Å². The highest BCUT2D eigenvalue weighted by Crippen LogP contribution is 2.45. The van der Waals surface area contributed by atoms with Gasteiger partial charge in [0, 0.05) is 50.2 Å². The standard InChI is InChI=1S/C72H50N2O/c1-47-44-55(38-41-58(47)59-42-39-56(45-48(59)2)74(53-18-4-3-5-19-53)70-28-14-17-51-16-6-7-20-60(51)70)73(57-40-43-66-64-23-9-8-21-62(64)63-22-10-11-24-65(63)69(66)46-57)54-36-34-50(35-37-54)49-30-32-52(33-31-49)61-26-15-27-68-67-25-12-13-29-71(67)75-72(61)68/h3-46H,1-2H3. The maximum absolute atomic E-state index is 6.41. The largest absolute Gasteiger partial charge is 0.455 e. The van der Waals surface area contributed by atoms with Crippen molar-refractivity contribution in [3.63, 3.8) is 0 Å². The van der Waals surface area contributed by atoms with Crippen molar-refractivity contribution in [2.45, 2.75) is 13.8 Å². The van der Waals surface area contributed by atoms with Gasteiger partial charge in [-0.05, 0) is 163 Å². The van der Waals surface area contributed by atoms with Crippen LogP contribution in [0.1, 0.15) is 11.1 Å². The van der Waals surface area contributed by atoms with Gasteiger partial charge in [-0.15, -0.1) is 0 Å². The van der Waals surface area contributed by atoms with E-state index in [4.69, 9.17) is 4.42 Å². The third-order valence-corrected chi connectivity index (χ3v) is 15.3. The Balaban J connectivity index is 0.849. The predicted molar refractivity (Wildman–Crippen MR) is 319 cm³/mol. The van der Waals surface area contributed by atoms with Gasteiger partial charge < -0.3 is 14.2 Å². The van der Waals surface area contributed by atoms with Crippen LogP contribution < -0.4 is 9.80 Å². The molecule has 3 nitrogen and oxygen atoms in total. The fraction of sp³-hybridized carbons (Fsp3) is 0.0278. The van der Waals surface area contributed by atoms with E-state index in [-0.39, 0.29) is 0 Å². The summed E-state index contributed by atoms with van der Waals surface area (Å²) < 4.78 is 6.41. The molecule has 0 saturated heterocycles. The molecule has 3 heteroatoms. The summed E-state index contributed by atoms with van der Waals surface area (Å²) in [4.78, 5) is 4.80. The molecule has 0 amide bonds. The zero-order valence-corrected chi connectivity index (χ0v) is 41.7. The molecule has 13 aromatic carbocycles. The zero-order valence-electron chi connectivity index (χ0n) is 41.7. The van der Waals surface area contributed by atoms with E-state index in [2.05, 4.69) is 278 Å². The molecule has 1 heterocycles. The molecule has 1 aromatic heterocycles. The average molecular weight is 959 g/mol. The first kappa shape index (κ1) is 44.0. The van der Waals surface area contributed by atoms with E-state index < -0.39 is 0 Å². The molecule has 0 unspecified atom stereocenters. The summed E-state index contributed by atoms with van der Waals surface area (Å²) in [7, 11) is 0. The molecule has 0 aliphatic rings. The van der Waals surface area contributed by atoms with Gasteiger partial charge in [0.15, 0.2) is 0 Å². The molecule has 0 saturated carbocycles. The van der Waals surface area contributed by atoms with E-state index in [1.54, 1.807) is 0 Å². The first-order chi connectivity index (χ1) is 37.0. The predicted octanol–water partition coefficient (Wildman–Crippen LogP) is 20.8. The number of furan rings is 1. The van der Waals surface area contributed by atoms with Crippen LogP contribution in [0.3, 0.4) is 0 Å². The Labute approximate surface area is 436 Å². The number of para-hydroxylation sites is 3. The Hall–Kier alpha value is -9.70. The lowest BCUT2D eigenvalue weighted by Crippen LogP contribution is -2.11. The topological polar surface area (TPSA) is 19.6 Å². The van der Waals surface area contributed by atoms with Crippen molar-refractivity contribution < 1.29 is 4.42 Å². The SMILES string of the molecule is Cc1cc(N(c2ccc(-c3ccc(-c4cccc5c4oc4ccccc45)cc3)cc2)c2ccc3c4ccccc4c4ccccc4c3c2)ccc1-c1ccc(N(c2ccccc2)c2cccc3ccccc23)cc1C. The zero-order chi connectivity index (χ0) is 50.0. The number of aryl methyl sites for hydroxylation is 2. The Morgan fingerprint density at radius 2 is 0.720 bits per heavy atom. The third kappa shape index (κ3) is 7.59. The minimum atomic E-state index is 0.909. The summed E-state index contributed by atoms with van der Waals surface area (Å²) in [6.07, 6.45) is 0. The maximum atomic E-state index is 6.41. The van der Waals surface area contributed by atoms with E-state index in [1.165, 1.54) is 65.3 Å². The fourth-order valence-corrected chi connectivity index (χ4v) is 11.7. The molecule has 0 bridgehead atoms. The Kier molecular flexibility index (Phi) is 10.6. The van der Waals surface area contributed by atoms with Gasteiger partial charge in [0.2, 0.25) is 0 Å². The maximum Gasteiger partial charge on any atom is 0.143 e. The summed E-state index contributed by atoms with van der Waals surface area (Å²) in [5.74, 6) is 0. The highest BCUT2D eigenvalue weighted by molar-refractivity contribution is 6.26. The number of anilines is 6. The second-order valence-electron chi connectivity index (χ2n) is 19.7. The van der Waals surface area contributed by atoms with Crippen LogP contribution in [0.2, 0.25) is 0 Å². The molecule has 0 spiro atoms. The summed E-state index contributed by atoms with van der Waals surface area (Å²) in [6.45, 7) is 4.49. The van der Waals surface area contributed by atoms with Gasteiger partial charge in [-0.2, -0.15) is 0 Å². The van der Waals surface area contributed by atoms with Crippen LogP contribution in [0, 0.1) is 13.8 Å². The first-order valence-corrected chi connectivity index (χ1v) is 25.8. The molecular weight excluding hydrogens is 909 g/mol. The smallest absolute Gasteiger partial charge is 0.143 e. The van der Waals surface area contributed by atoms with Crippen LogP contribution in [0.4, 0.5) is 34.1 Å². The molecule has 14 aromatic rings. The lowest BCUT2D eigenvalue weighted by atomic mass is 9.93. The van der Waals surface area contributed by atoms with Crippen molar-refractivity contribution in [2.24, 2.45) is 0 Å². The van der Waals surface area contributed by atoms with Gasteiger partial charge in [-0.3, -0.25) is 0 Å². The van der Waals surface area contributed by atoms with Crippen molar-refractivity contribution in [1.29, 1.82) is 0 Å². The van der Waals surface area contributed by atoms with Crippen LogP contribution in [0.25, 0.3) is 98.4 Å². The van der Waals surface area contributed by atoms with Gasteiger partial charge in [-0.25, -0.2) is 0 Å². The van der Waals surface area contributed by atoms with Gasteiger partial charge >= 0.3 is 0 Å². The fourth-order valence-electron chi connectivity index (χ4n) is 11.7. The van der Waals surface area contributed by atoms with Crippen LogP contribution in [-0.2, 0) is 0 Å². The molecule has 0 atom stereocenters. The van der Waals surface area contributed by atoms with Crippen LogP contribution >= 0.6 is 0 Å². The van der Waals surface area contributed by atoms with Crippen molar-refractivity contribution in [3.05, 3.63) is 278 Å². The second-order valence-corrected chi connectivity index (χ2v) is 19.7. The van der Waals surface area contributed by atoms with Crippen LogP contribution in [0.15, 0.2) is 271 Å². The minimum absolute atomic E-state index is 0.909. The van der Waals surface area contributed by atoms with Crippen LogP contribution in [-0.4, -0.2) is 0 Å². The monoisotopic (exact) mass is 958 g/mol. The van der Waals surface area contributed by atoms with Crippen molar-refractivity contribution in [3.8, 4) is 33.4 Å². The number of hydrogen-bond donors (Lipinski definition) is 0. The second kappa shape index (κ2) is 18.1. The number of hydrogen-bond acceptors (Lipinski definition) is 3. The van der Waals surface area contributed by atoms with Crippen LogP contribution in [0.5, 0.6) is 0 Å². The number of nitrogens with zero attached hydrogens (tertiary/aromatic N) is 2. The number of benzene rings is 13. The van der Waals surface area contributed by atoms with Crippen molar-refractivity contribution in [2.75, 3.05) is 9.80 Å². The lowest BCUT2D eigenvalue weighted by molar-refractivity contribution is 0.670. The van der Waals surface area contributed by atoms with E-state index in [0.29, 0.717) is 0 Å². The molecule has 0 aliphatic heterocycles. The summed E-state index contributed by atoms with van der Waals surface area (Å²) in [5, 5.41) is 12.2. The Morgan fingerprint density at radius 1 is 0.267 bits per heavy atom. The first-order valence-electron chi connectivity index (χ1n) is 25.8. The highest BCUT2D eigenvalue weighted by atomic mass is 16.3. The van der Waals surface area contributed by atoms with Gasteiger partial charge in [-0.1, -0.05) is 194 Å². The van der Waals surface area contributed by atoms with E-state index in [9.17, 15) is 0 Å². The molecule has 75 heavy (non-hydrogen) atoms. The molecule has 0 fully saturated rings. The summed E-state index contributed by atoms with van der Waals surface area (Å²) in [5.41, 5.74) is 17.9. The minimum Gasteiger partial charge on any atom is -0.455 e. The van der Waals surface area contributed by atoms with Crippen molar-refractivity contribution >= 4 is 99.2 Å². The summed E-state index contributed by atoms with van der Waals surface area (Å²) in [6, 6.07) is 97.0. The normalized spacial score (nSPS) is 11.6. The molecule has 14 rings (SSSR count). The van der Waals surface area contributed by atoms with Crippen molar-refractivity contribution in [1.82, 2.24) is 0 Å². The van der Waals surface area contributed by atoms with E-state index in [1.807, 2.05) is 12.1 Å². The van der Waals surface area contributed by atoms with E-state index in [0.717, 1.165) is 78.3 Å². The van der Waals surface area contributed by atoms with Gasteiger partial charge in [0.25, 0.3) is 0 Å². The molecule has 354 valence electrons. The Morgan fingerprint density at radius 3 is 1.39 bits per heavy atom. The van der Waals surface area contributed by atoms with Gasteiger partial charge in [0.05, 0.1) is 5.69 Å². The molecule has 0 radical (unpaired) electrons. The summed E-state index contributed by atoms with van der Waals surface area (Å²) >= 11 is 0. The Bertz CT molecular complexity index is 4450. The van der Waals surface area contributed by atoms with E-state index >= 15 is 0 Å². The lowest BCUT2D eigenvalue weighted by Gasteiger charge is -2.28. The number of fused-ring (bicyclic) bond motifs is 10. The average Bonchev–Trinajstić information content (AvgIpc) is 3.86. The quantitative estimate of drug-likeness (QED) is 0.134. The highest BCUT2D eigenvalue weighted by Gasteiger charge is 2.20.